The van der Waals surface area contributed by atoms with Crippen LogP contribution in [0, 0.1) is 0 Å². The molecule has 6 heteroatoms. The second-order valence-corrected chi connectivity index (χ2v) is 6.61. The number of rotatable bonds is 4. The summed E-state index contributed by atoms with van der Waals surface area (Å²) >= 11 is 0. The number of aliphatic hydroxyl groups is 1. The fraction of sp³-hybridized carbons (Fsp3) is 0.444. The van der Waals surface area contributed by atoms with E-state index in [4.69, 9.17) is 0 Å². The molecular weight excluding hydrogens is 309 g/mol. The number of aliphatic hydroxyl groups excluding tert-OH is 1. The predicted molar refractivity (Wildman–Crippen MR) is 90.0 cm³/mol. The first-order chi connectivity index (χ1) is 11.7. The van der Waals surface area contributed by atoms with Crippen LogP contribution in [0.1, 0.15) is 29.6 Å². The van der Waals surface area contributed by atoms with Crippen molar-refractivity contribution in [2.45, 2.75) is 37.5 Å². The maximum Gasteiger partial charge on any atom is 0.252 e. The molecule has 4 rings (SSSR count). The first-order valence-corrected chi connectivity index (χ1v) is 8.38. The first kappa shape index (κ1) is 15.3. The van der Waals surface area contributed by atoms with E-state index >= 15 is 0 Å². The van der Waals surface area contributed by atoms with Crippen molar-refractivity contribution in [1.29, 1.82) is 0 Å². The smallest absolute Gasteiger partial charge is 0.252 e. The normalized spacial score (nSPS) is 23.7. The summed E-state index contributed by atoms with van der Waals surface area (Å²) in [5.74, 6) is 0.433. The number of hydrogen-bond donors (Lipinski definition) is 2. The number of aromatic nitrogens is 1. The molecule has 1 aromatic carbocycles. The molecule has 0 spiro atoms. The van der Waals surface area contributed by atoms with Crippen LogP contribution in [-0.2, 0) is 0 Å². The molecule has 126 valence electrons. The lowest BCUT2D eigenvalue weighted by Gasteiger charge is -2.24. The predicted octanol–water partition coefficient (Wildman–Crippen LogP) is 2.04. The SMILES string of the molecule is O=C(NC1CC1)c1cc(N2C[C@@H](F)C[C@H]2CO)nc2ccccc12. The van der Waals surface area contributed by atoms with E-state index in [9.17, 15) is 14.3 Å². The standard InChI is InChI=1S/C18H20FN3O2/c19-11-7-13(10-23)22(9-11)17-8-15(18(24)20-12-5-6-12)14-3-1-2-4-16(14)21-17/h1-4,8,11-13,23H,5-7,9-10H2,(H,20,24)/t11-,13-/m0/s1. The fourth-order valence-electron chi connectivity index (χ4n) is 3.30. The Hall–Kier alpha value is -2.21. The number of amides is 1. The van der Waals surface area contributed by atoms with E-state index in [1.54, 1.807) is 11.0 Å². The Bertz CT molecular complexity index is 778. The fourth-order valence-corrected chi connectivity index (χ4v) is 3.30. The molecule has 2 heterocycles. The van der Waals surface area contributed by atoms with Crippen molar-refractivity contribution < 1.29 is 14.3 Å². The van der Waals surface area contributed by atoms with Gasteiger partial charge >= 0.3 is 0 Å². The number of nitrogens with zero attached hydrogens (tertiary/aromatic N) is 2. The molecule has 5 nitrogen and oxygen atoms in total. The van der Waals surface area contributed by atoms with Crippen LogP contribution < -0.4 is 10.2 Å². The van der Waals surface area contributed by atoms with E-state index in [1.165, 1.54) is 0 Å². The van der Waals surface area contributed by atoms with Gasteiger partial charge in [0.1, 0.15) is 12.0 Å². The van der Waals surface area contributed by atoms with Gasteiger partial charge in [0.2, 0.25) is 0 Å². The zero-order chi connectivity index (χ0) is 16.7. The van der Waals surface area contributed by atoms with Gasteiger partial charge in [0.05, 0.1) is 30.3 Å². The van der Waals surface area contributed by atoms with Crippen LogP contribution in [0.25, 0.3) is 10.9 Å². The van der Waals surface area contributed by atoms with Crippen LogP contribution in [0.2, 0.25) is 0 Å². The second-order valence-electron chi connectivity index (χ2n) is 6.61. The largest absolute Gasteiger partial charge is 0.394 e. The van der Waals surface area contributed by atoms with Gasteiger partial charge in [0.25, 0.3) is 5.91 Å². The number of halogens is 1. The van der Waals surface area contributed by atoms with Gasteiger partial charge in [-0.25, -0.2) is 9.37 Å². The summed E-state index contributed by atoms with van der Waals surface area (Å²) in [5.41, 5.74) is 1.26. The third-order valence-corrected chi connectivity index (χ3v) is 4.73. The zero-order valence-corrected chi connectivity index (χ0v) is 13.3. The number of carbonyl (C=O) groups excluding carboxylic acids is 1. The number of pyridine rings is 1. The number of alkyl halides is 1. The minimum Gasteiger partial charge on any atom is -0.394 e. The van der Waals surface area contributed by atoms with E-state index in [2.05, 4.69) is 10.3 Å². The Labute approximate surface area is 139 Å². The molecule has 1 amide bonds. The highest BCUT2D eigenvalue weighted by Crippen LogP contribution is 2.30. The monoisotopic (exact) mass is 329 g/mol. The molecule has 24 heavy (non-hydrogen) atoms. The summed E-state index contributed by atoms with van der Waals surface area (Å²) in [6.07, 6.45) is 1.33. The molecule has 2 atom stereocenters. The lowest BCUT2D eigenvalue weighted by atomic mass is 10.1. The lowest BCUT2D eigenvalue weighted by Crippen LogP contribution is -2.33. The van der Waals surface area contributed by atoms with Crippen molar-refractivity contribution in [3.8, 4) is 0 Å². The Morgan fingerprint density at radius 1 is 1.38 bits per heavy atom. The zero-order valence-electron chi connectivity index (χ0n) is 13.3. The number of fused-ring (bicyclic) bond motifs is 1. The molecule has 1 aliphatic carbocycles. The number of benzene rings is 1. The minimum atomic E-state index is -0.987. The van der Waals surface area contributed by atoms with Crippen molar-refractivity contribution >= 4 is 22.6 Å². The summed E-state index contributed by atoms with van der Waals surface area (Å²) in [6.45, 7) is 0.0682. The molecule has 2 N–H and O–H groups in total. The van der Waals surface area contributed by atoms with Gasteiger partial charge in [-0.3, -0.25) is 4.79 Å². The summed E-state index contributed by atoms with van der Waals surface area (Å²) in [6, 6.07) is 9.16. The molecule has 2 fully saturated rings. The summed E-state index contributed by atoms with van der Waals surface area (Å²) in [5, 5.41) is 13.3. The van der Waals surface area contributed by atoms with Gasteiger partial charge in [-0.1, -0.05) is 18.2 Å². The van der Waals surface area contributed by atoms with Crippen LogP contribution in [0.5, 0.6) is 0 Å². The third-order valence-electron chi connectivity index (χ3n) is 4.73. The second kappa shape index (κ2) is 6.02. The number of nitrogens with one attached hydrogen (secondary N) is 1. The molecular formula is C18H20FN3O2. The first-order valence-electron chi connectivity index (χ1n) is 8.38. The van der Waals surface area contributed by atoms with Crippen molar-refractivity contribution in [1.82, 2.24) is 10.3 Å². The summed E-state index contributed by atoms with van der Waals surface area (Å²) in [4.78, 5) is 19.0. The Balaban J connectivity index is 1.77. The third kappa shape index (κ3) is 2.82. The topological polar surface area (TPSA) is 65.5 Å². The van der Waals surface area contributed by atoms with Crippen molar-refractivity contribution in [2.24, 2.45) is 0 Å². The van der Waals surface area contributed by atoms with Crippen molar-refractivity contribution in [3.05, 3.63) is 35.9 Å². The number of carbonyl (C=O) groups is 1. The van der Waals surface area contributed by atoms with E-state index < -0.39 is 6.17 Å². The highest BCUT2D eigenvalue weighted by Gasteiger charge is 2.33. The molecule has 2 aliphatic rings. The molecule has 0 radical (unpaired) electrons. The van der Waals surface area contributed by atoms with Gasteiger partial charge < -0.3 is 15.3 Å². The average Bonchev–Trinajstić information content (AvgIpc) is 3.32. The Morgan fingerprint density at radius 2 is 2.17 bits per heavy atom. The minimum absolute atomic E-state index is 0.117. The van der Waals surface area contributed by atoms with Crippen molar-refractivity contribution in [2.75, 3.05) is 18.1 Å². The quantitative estimate of drug-likeness (QED) is 0.901. The maximum absolute atomic E-state index is 13.8. The molecule has 2 aromatic rings. The molecule has 1 aromatic heterocycles. The van der Waals surface area contributed by atoms with Crippen LogP contribution in [-0.4, -0.2) is 47.4 Å². The number of anilines is 1. The van der Waals surface area contributed by atoms with Crippen LogP contribution >= 0.6 is 0 Å². The van der Waals surface area contributed by atoms with E-state index in [1.807, 2.05) is 24.3 Å². The summed E-state index contributed by atoms with van der Waals surface area (Å²) < 4.78 is 13.8. The Morgan fingerprint density at radius 3 is 2.92 bits per heavy atom. The van der Waals surface area contributed by atoms with Crippen LogP contribution in [0.4, 0.5) is 10.2 Å². The van der Waals surface area contributed by atoms with Gasteiger partial charge in [0.15, 0.2) is 0 Å². The molecule has 0 unspecified atom stereocenters. The molecule has 1 aliphatic heterocycles. The van der Waals surface area contributed by atoms with E-state index in [0.717, 1.165) is 18.2 Å². The van der Waals surface area contributed by atoms with Gasteiger partial charge in [-0.05, 0) is 25.0 Å². The van der Waals surface area contributed by atoms with Crippen molar-refractivity contribution in [3.63, 3.8) is 0 Å². The lowest BCUT2D eigenvalue weighted by molar-refractivity contribution is 0.0952. The van der Waals surface area contributed by atoms with E-state index in [-0.39, 0.29) is 37.6 Å². The highest BCUT2D eigenvalue weighted by atomic mass is 19.1. The molecule has 0 bridgehead atoms. The molecule has 1 saturated carbocycles. The van der Waals surface area contributed by atoms with Gasteiger partial charge in [-0.2, -0.15) is 0 Å². The average molecular weight is 329 g/mol. The number of para-hydroxylation sites is 1. The van der Waals surface area contributed by atoms with E-state index in [0.29, 0.717) is 16.9 Å². The number of hydrogen-bond acceptors (Lipinski definition) is 4. The van der Waals surface area contributed by atoms with Crippen LogP contribution in [0.15, 0.2) is 30.3 Å². The molecule has 1 saturated heterocycles. The van der Waals surface area contributed by atoms with Gasteiger partial charge in [-0.15, -0.1) is 0 Å². The highest BCUT2D eigenvalue weighted by molar-refractivity contribution is 6.07. The Kier molecular flexibility index (Phi) is 3.84. The summed E-state index contributed by atoms with van der Waals surface area (Å²) in [7, 11) is 0. The van der Waals surface area contributed by atoms with Gasteiger partial charge in [0, 0.05) is 17.8 Å². The maximum atomic E-state index is 13.8. The van der Waals surface area contributed by atoms with Crippen LogP contribution in [0.3, 0.4) is 0 Å².